The van der Waals surface area contributed by atoms with Gasteiger partial charge in [-0.25, -0.2) is 9.18 Å². The van der Waals surface area contributed by atoms with Gasteiger partial charge in [-0.2, -0.15) is 0 Å². The molecule has 0 saturated carbocycles. The molecule has 29 heavy (non-hydrogen) atoms. The van der Waals surface area contributed by atoms with E-state index in [0.717, 1.165) is 25.7 Å². The first-order chi connectivity index (χ1) is 13.3. The zero-order chi connectivity index (χ0) is 21.8. The summed E-state index contributed by atoms with van der Waals surface area (Å²) in [6, 6.07) is 6.16. The minimum absolute atomic E-state index is 0.0283. The molecule has 0 atom stereocenters. The molecule has 0 aliphatic heterocycles. The lowest BCUT2D eigenvalue weighted by Gasteiger charge is -2.40. The predicted molar refractivity (Wildman–Crippen MR) is 98.8 cm³/mol. The molecule has 2 rings (SSSR count). The number of halogens is 6. The van der Waals surface area contributed by atoms with E-state index in [4.69, 9.17) is 9.47 Å². The van der Waals surface area contributed by atoms with Crippen molar-refractivity contribution in [3.05, 3.63) is 53.8 Å². The first-order valence-electron chi connectivity index (χ1n) is 8.79. The van der Waals surface area contributed by atoms with Crippen molar-refractivity contribution in [3.63, 3.8) is 0 Å². The third-order valence-corrected chi connectivity index (χ3v) is 5.05. The summed E-state index contributed by atoms with van der Waals surface area (Å²) >= 11 is 0. The van der Waals surface area contributed by atoms with Gasteiger partial charge in [0, 0.05) is 6.07 Å². The normalized spacial score (nSPS) is 14.0. The molecule has 0 bridgehead atoms. The van der Waals surface area contributed by atoms with Crippen molar-refractivity contribution < 1.29 is 38.1 Å². The molecule has 0 radical (unpaired) electrons. The van der Waals surface area contributed by atoms with Gasteiger partial charge in [0.25, 0.3) is 0 Å². The average molecular weight is 442 g/mol. The zero-order valence-corrected chi connectivity index (χ0v) is 16.3. The molecule has 0 amide bonds. The molecule has 0 aliphatic rings. The fourth-order valence-corrected chi connectivity index (χ4v) is 3.18. The highest BCUT2D eigenvalue weighted by atomic mass is 32.5. The van der Waals surface area contributed by atoms with Crippen LogP contribution in [0.1, 0.15) is 43.0 Å². The van der Waals surface area contributed by atoms with Gasteiger partial charge in [-0.05, 0) is 42.8 Å². The molecule has 0 heterocycles. The lowest BCUT2D eigenvalue weighted by molar-refractivity contribution is 0.0734. The third-order valence-electron chi connectivity index (χ3n) is 3.89. The molecule has 10 heteroatoms. The molecule has 0 unspecified atom stereocenters. The molecule has 0 aliphatic carbocycles. The van der Waals surface area contributed by atoms with Crippen LogP contribution in [0.25, 0.3) is 0 Å². The number of hydrogen-bond acceptors (Lipinski definition) is 3. The number of rotatable bonds is 9. The number of hydrogen-bond donors (Lipinski definition) is 0. The molecule has 0 spiro atoms. The molecule has 0 aromatic heterocycles. The number of carbonyl (C=O) groups excluding carboxylic acids is 1. The average Bonchev–Trinajstić information content (AvgIpc) is 2.59. The fourth-order valence-electron chi connectivity index (χ4n) is 2.43. The number of carbonyl (C=O) groups is 1. The summed E-state index contributed by atoms with van der Waals surface area (Å²) in [7, 11) is -10.2. The SMILES string of the molecule is CCCCCCOc1ccc(C(=O)Oc2ccc(S(F)(F)(F)(F)F)c(F)c2)cc1. The van der Waals surface area contributed by atoms with Crippen LogP contribution in [0.4, 0.5) is 23.8 Å². The minimum Gasteiger partial charge on any atom is -0.494 e. The topological polar surface area (TPSA) is 35.5 Å². The first kappa shape index (κ1) is 22.9. The van der Waals surface area contributed by atoms with Crippen LogP contribution in [0.5, 0.6) is 11.5 Å². The van der Waals surface area contributed by atoms with E-state index in [2.05, 4.69) is 6.92 Å². The molecule has 162 valence electrons. The number of benzene rings is 2. The standard InChI is InChI=1S/C19H20F6O3S/c1-2-3-4-5-12-27-15-8-6-14(7-9-15)19(26)28-16-10-11-18(17(20)13-16)29(21,22,23,24)25/h6-11,13H,2-5,12H2,1H3. The van der Waals surface area contributed by atoms with Crippen molar-refractivity contribution in [3.8, 4) is 11.5 Å². The van der Waals surface area contributed by atoms with Crippen LogP contribution in [0.15, 0.2) is 47.4 Å². The van der Waals surface area contributed by atoms with Crippen LogP contribution in [-0.4, -0.2) is 12.6 Å². The van der Waals surface area contributed by atoms with E-state index < -0.39 is 32.7 Å². The Balaban J connectivity index is 2.01. The van der Waals surface area contributed by atoms with E-state index in [9.17, 15) is 28.6 Å². The fraction of sp³-hybridized carbons (Fsp3) is 0.316. The van der Waals surface area contributed by atoms with Crippen molar-refractivity contribution in [1.82, 2.24) is 0 Å². The zero-order valence-electron chi connectivity index (χ0n) is 15.5. The lowest BCUT2D eigenvalue weighted by Crippen LogP contribution is -2.11. The second-order valence-electron chi connectivity index (χ2n) is 6.38. The predicted octanol–water partition coefficient (Wildman–Crippen LogP) is 7.66. The molecule has 0 fully saturated rings. The molecular formula is C19H20F6O3S. The Morgan fingerprint density at radius 1 is 0.897 bits per heavy atom. The van der Waals surface area contributed by atoms with Gasteiger partial charge in [-0.1, -0.05) is 45.6 Å². The molecule has 2 aromatic carbocycles. The maximum Gasteiger partial charge on any atom is 0.343 e. The quantitative estimate of drug-likeness (QED) is 0.173. The highest BCUT2D eigenvalue weighted by Gasteiger charge is 2.67. The van der Waals surface area contributed by atoms with Gasteiger partial charge in [-0.15, -0.1) is 0 Å². The van der Waals surface area contributed by atoms with Gasteiger partial charge >= 0.3 is 16.2 Å². The van der Waals surface area contributed by atoms with Gasteiger partial charge in [0.2, 0.25) is 0 Å². The van der Waals surface area contributed by atoms with Crippen LogP contribution in [0, 0.1) is 5.82 Å². The number of ether oxygens (including phenoxy) is 2. The summed E-state index contributed by atoms with van der Waals surface area (Å²) in [5.41, 5.74) is 0.0283. The van der Waals surface area contributed by atoms with Crippen LogP contribution in [-0.2, 0) is 0 Å². The van der Waals surface area contributed by atoms with Gasteiger partial charge in [0.15, 0.2) is 0 Å². The van der Waals surface area contributed by atoms with Crippen molar-refractivity contribution in [2.45, 2.75) is 37.5 Å². The highest BCUT2D eigenvalue weighted by molar-refractivity contribution is 8.45. The van der Waals surface area contributed by atoms with Crippen LogP contribution >= 0.6 is 10.2 Å². The van der Waals surface area contributed by atoms with E-state index in [-0.39, 0.29) is 17.7 Å². The molecular weight excluding hydrogens is 422 g/mol. The number of esters is 1. The second-order valence-corrected chi connectivity index (χ2v) is 8.76. The van der Waals surface area contributed by atoms with E-state index in [1.165, 1.54) is 24.3 Å². The van der Waals surface area contributed by atoms with Crippen molar-refractivity contribution in [1.29, 1.82) is 0 Å². The van der Waals surface area contributed by atoms with Gasteiger partial charge in [-0.3, -0.25) is 0 Å². The van der Waals surface area contributed by atoms with Crippen molar-refractivity contribution in [2.75, 3.05) is 6.61 Å². The van der Waals surface area contributed by atoms with E-state index in [0.29, 0.717) is 18.4 Å². The van der Waals surface area contributed by atoms with Crippen LogP contribution in [0.2, 0.25) is 0 Å². The summed E-state index contributed by atoms with van der Waals surface area (Å²) in [4.78, 5) is 9.37. The Hall–Kier alpha value is -2.36. The summed E-state index contributed by atoms with van der Waals surface area (Å²) in [6.07, 6.45) is 4.14. The summed E-state index contributed by atoms with van der Waals surface area (Å²) in [6.45, 7) is 2.61. The molecule has 3 nitrogen and oxygen atoms in total. The van der Waals surface area contributed by atoms with E-state index >= 15 is 0 Å². The second kappa shape index (κ2) is 7.81. The summed E-state index contributed by atoms with van der Waals surface area (Å²) in [5, 5.41) is 0. The Kier molecular flexibility index (Phi) is 6.18. The van der Waals surface area contributed by atoms with Crippen molar-refractivity contribution >= 4 is 16.2 Å². The lowest BCUT2D eigenvalue weighted by atomic mass is 10.2. The summed E-state index contributed by atoms with van der Waals surface area (Å²) < 4.78 is 87.3. The van der Waals surface area contributed by atoms with E-state index in [1.807, 2.05) is 0 Å². The monoisotopic (exact) mass is 442 g/mol. The van der Waals surface area contributed by atoms with E-state index in [1.54, 1.807) is 0 Å². The Bertz CT molecular complexity index is 866. The maximum atomic E-state index is 13.6. The van der Waals surface area contributed by atoms with Crippen LogP contribution in [0.3, 0.4) is 0 Å². The molecule has 0 saturated heterocycles. The third kappa shape index (κ3) is 6.88. The van der Waals surface area contributed by atoms with Gasteiger partial charge < -0.3 is 9.47 Å². The minimum atomic E-state index is -10.2. The smallest absolute Gasteiger partial charge is 0.343 e. The maximum absolute atomic E-state index is 13.6. The summed E-state index contributed by atoms with van der Waals surface area (Å²) in [5.74, 6) is -3.32. The highest BCUT2D eigenvalue weighted by Crippen LogP contribution is 3.02. The Morgan fingerprint density at radius 2 is 1.52 bits per heavy atom. The van der Waals surface area contributed by atoms with Crippen molar-refractivity contribution in [2.24, 2.45) is 0 Å². The first-order valence-corrected chi connectivity index (χ1v) is 10.7. The Labute approximate surface area is 164 Å². The van der Waals surface area contributed by atoms with Gasteiger partial charge in [0.05, 0.1) is 12.2 Å². The van der Waals surface area contributed by atoms with Crippen LogP contribution < -0.4 is 9.47 Å². The number of unbranched alkanes of at least 4 members (excludes halogenated alkanes) is 3. The Morgan fingerprint density at radius 3 is 2.07 bits per heavy atom. The molecule has 0 N–H and O–H groups in total. The molecule has 2 aromatic rings. The van der Waals surface area contributed by atoms with Gasteiger partial charge in [0.1, 0.15) is 22.2 Å². The largest absolute Gasteiger partial charge is 0.494 e.